The topological polar surface area (TPSA) is 106 Å². The number of para-hydroxylation sites is 1. The Balaban J connectivity index is 1.35. The molecule has 1 amide bonds. The zero-order chi connectivity index (χ0) is 25.1. The van der Waals surface area contributed by atoms with E-state index in [0.29, 0.717) is 42.7 Å². The van der Waals surface area contributed by atoms with Gasteiger partial charge in [0.2, 0.25) is 20.7 Å². The Morgan fingerprint density at radius 1 is 0.972 bits per heavy atom. The van der Waals surface area contributed by atoms with Crippen molar-refractivity contribution in [3.05, 3.63) is 78.0 Å². The molecule has 36 heavy (non-hydrogen) atoms. The number of halogens is 1. The van der Waals surface area contributed by atoms with Crippen LogP contribution in [0.15, 0.2) is 91.7 Å². The van der Waals surface area contributed by atoms with E-state index in [0.717, 1.165) is 0 Å². The van der Waals surface area contributed by atoms with E-state index in [1.165, 1.54) is 30.5 Å². The zero-order valence-electron chi connectivity index (χ0n) is 19.0. The Bertz CT molecular complexity index is 1430. The van der Waals surface area contributed by atoms with Gasteiger partial charge in [-0.3, -0.25) is 4.79 Å². The van der Waals surface area contributed by atoms with E-state index in [1.54, 1.807) is 34.1 Å². The molecule has 0 atom stereocenters. The number of hydrogen-bond donors (Lipinski definition) is 0. The Morgan fingerprint density at radius 2 is 1.69 bits per heavy atom. The van der Waals surface area contributed by atoms with Crippen LogP contribution in [-0.2, 0) is 14.6 Å². The number of carbonyl (C=O) groups excluding carboxylic acids is 1. The summed E-state index contributed by atoms with van der Waals surface area (Å²) in [5, 5.41) is 0.200. The van der Waals surface area contributed by atoms with Crippen molar-refractivity contribution in [2.75, 3.05) is 37.7 Å². The lowest BCUT2D eigenvalue weighted by Gasteiger charge is -2.34. The fourth-order valence-electron chi connectivity index (χ4n) is 3.82. The number of sulfone groups is 1. The molecular weight excluding hydrogens is 506 g/mol. The Hall–Kier alpha value is -3.76. The molecule has 1 saturated heterocycles. The first-order valence-corrected chi connectivity index (χ1v) is 13.0. The van der Waals surface area contributed by atoms with E-state index < -0.39 is 9.84 Å². The summed E-state index contributed by atoms with van der Waals surface area (Å²) in [6.45, 7) is 1.37. The second-order valence-corrected chi connectivity index (χ2v) is 10.3. The fraction of sp³-hybridized carbons (Fsp3) is 0.200. The van der Waals surface area contributed by atoms with Crippen LogP contribution in [0.5, 0.6) is 5.75 Å². The second kappa shape index (κ2) is 10.1. The first-order chi connectivity index (χ1) is 17.4. The number of oxazole rings is 1. The molecule has 186 valence electrons. The minimum Gasteiger partial charge on any atom is -0.484 e. The van der Waals surface area contributed by atoms with Crippen molar-refractivity contribution in [3.63, 3.8) is 0 Å². The number of aromatic nitrogens is 1. The fourth-order valence-corrected chi connectivity index (χ4v) is 5.26. The first kappa shape index (κ1) is 24.0. The Labute approximate surface area is 212 Å². The van der Waals surface area contributed by atoms with Gasteiger partial charge in [-0.15, -0.1) is 0 Å². The number of amides is 1. The van der Waals surface area contributed by atoms with Crippen LogP contribution in [0.4, 0.5) is 5.88 Å². The number of nitrogens with zero attached hydrogens (tertiary/aromatic N) is 3. The van der Waals surface area contributed by atoms with Gasteiger partial charge in [0.25, 0.3) is 11.8 Å². The molecule has 4 aromatic rings. The van der Waals surface area contributed by atoms with E-state index in [2.05, 4.69) is 4.98 Å². The summed E-state index contributed by atoms with van der Waals surface area (Å²) in [6, 6.07) is 18.3. The molecule has 11 heteroatoms. The molecule has 2 aromatic carbocycles. The molecule has 0 bridgehead atoms. The average Bonchev–Trinajstić information content (AvgIpc) is 3.59. The van der Waals surface area contributed by atoms with Crippen molar-refractivity contribution in [1.82, 2.24) is 9.88 Å². The normalized spacial score (nSPS) is 14.1. The van der Waals surface area contributed by atoms with Crippen molar-refractivity contribution >= 4 is 33.2 Å². The van der Waals surface area contributed by atoms with Gasteiger partial charge in [-0.25, -0.2) is 8.42 Å². The summed E-state index contributed by atoms with van der Waals surface area (Å²) in [7, 11) is -4.02. The molecule has 1 fully saturated rings. The summed E-state index contributed by atoms with van der Waals surface area (Å²) in [5.74, 6) is 0.928. The largest absolute Gasteiger partial charge is 0.484 e. The number of benzene rings is 2. The maximum atomic E-state index is 13.5. The molecule has 0 aliphatic carbocycles. The van der Waals surface area contributed by atoms with Gasteiger partial charge in [-0.2, -0.15) is 4.98 Å². The maximum Gasteiger partial charge on any atom is 0.266 e. The number of furan rings is 1. The van der Waals surface area contributed by atoms with Gasteiger partial charge in [0, 0.05) is 31.2 Å². The highest BCUT2D eigenvalue weighted by Gasteiger charge is 2.34. The lowest BCUT2D eigenvalue weighted by molar-refractivity contribution is -0.133. The third-order valence-electron chi connectivity index (χ3n) is 5.71. The average molecular weight is 528 g/mol. The van der Waals surface area contributed by atoms with Gasteiger partial charge in [-0.1, -0.05) is 29.8 Å². The van der Waals surface area contributed by atoms with Crippen LogP contribution in [0.25, 0.3) is 11.7 Å². The lowest BCUT2D eigenvalue weighted by atomic mass is 10.3. The van der Waals surface area contributed by atoms with Gasteiger partial charge in [0.1, 0.15) is 5.75 Å². The Kier molecular flexibility index (Phi) is 6.71. The molecule has 3 heterocycles. The highest BCUT2D eigenvalue weighted by atomic mass is 35.5. The van der Waals surface area contributed by atoms with Crippen molar-refractivity contribution in [3.8, 4) is 17.4 Å². The molecule has 1 aliphatic heterocycles. The first-order valence-electron chi connectivity index (χ1n) is 11.2. The molecule has 0 saturated carbocycles. The van der Waals surface area contributed by atoms with Gasteiger partial charge in [0.05, 0.1) is 11.2 Å². The number of ether oxygens (including phenoxy) is 1. The van der Waals surface area contributed by atoms with E-state index in [4.69, 9.17) is 25.2 Å². The smallest absolute Gasteiger partial charge is 0.266 e. The third-order valence-corrected chi connectivity index (χ3v) is 7.63. The van der Waals surface area contributed by atoms with Gasteiger partial charge >= 0.3 is 0 Å². The maximum absolute atomic E-state index is 13.5. The second-order valence-electron chi connectivity index (χ2n) is 8.03. The highest BCUT2D eigenvalue weighted by Crippen LogP contribution is 2.35. The van der Waals surface area contributed by atoms with Gasteiger partial charge in [0.15, 0.2) is 12.4 Å². The van der Waals surface area contributed by atoms with Crippen LogP contribution in [-0.4, -0.2) is 57.0 Å². The van der Waals surface area contributed by atoms with E-state index >= 15 is 0 Å². The highest BCUT2D eigenvalue weighted by molar-refractivity contribution is 7.91. The summed E-state index contributed by atoms with van der Waals surface area (Å²) in [5.41, 5.74) is 0. The molecule has 0 unspecified atom stereocenters. The number of piperazine rings is 1. The minimum atomic E-state index is -4.02. The molecule has 5 rings (SSSR count). The van der Waals surface area contributed by atoms with Crippen LogP contribution in [0, 0.1) is 0 Å². The summed E-state index contributed by atoms with van der Waals surface area (Å²) in [6.07, 6.45) is 1.45. The van der Waals surface area contributed by atoms with E-state index in [-0.39, 0.29) is 34.2 Å². The monoisotopic (exact) mass is 527 g/mol. The molecule has 0 N–H and O–H groups in total. The van der Waals surface area contributed by atoms with Crippen molar-refractivity contribution < 1.29 is 26.8 Å². The van der Waals surface area contributed by atoms with Crippen LogP contribution < -0.4 is 9.64 Å². The van der Waals surface area contributed by atoms with Crippen molar-refractivity contribution in [2.45, 2.75) is 9.92 Å². The lowest BCUT2D eigenvalue weighted by Crippen LogP contribution is -2.50. The number of carbonyl (C=O) groups is 1. The third kappa shape index (κ3) is 4.95. The molecule has 0 radical (unpaired) electrons. The standard InChI is InChI=1S/C25H22ClN3O6S/c26-18-8-10-20(11-9-18)36(31,32)24-25(35-23(27-24)21-7-4-16-33-21)29-14-12-28(13-15-29)22(30)17-34-19-5-2-1-3-6-19/h1-11,16H,12-15,17H2. The quantitative estimate of drug-likeness (QED) is 0.353. The molecule has 1 aliphatic rings. The minimum absolute atomic E-state index is 0.0410. The van der Waals surface area contributed by atoms with E-state index in [9.17, 15) is 13.2 Å². The predicted octanol–water partition coefficient (Wildman–Crippen LogP) is 4.15. The van der Waals surface area contributed by atoms with Crippen molar-refractivity contribution in [2.24, 2.45) is 0 Å². The summed E-state index contributed by atoms with van der Waals surface area (Å²) >= 11 is 5.94. The number of anilines is 1. The summed E-state index contributed by atoms with van der Waals surface area (Å²) in [4.78, 5) is 20.4. The molecule has 2 aromatic heterocycles. The van der Waals surface area contributed by atoms with Crippen LogP contribution in [0.2, 0.25) is 5.02 Å². The van der Waals surface area contributed by atoms with E-state index in [1.807, 2.05) is 18.2 Å². The van der Waals surface area contributed by atoms with Gasteiger partial charge in [-0.05, 0) is 48.5 Å². The molecule has 0 spiro atoms. The SMILES string of the molecule is O=C(COc1ccccc1)N1CCN(c2oc(-c3ccco3)nc2S(=O)(=O)c2ccc(Cl)cc2)CC1. The van der Waals surface area contributed by atoms with Crippen molar-refractivity contribution in [1.29, 1.82) is 0 Å². The van der Waals surface area contributed by atoms with Gasteiger partial charge < -0.3 is 23.4 Å². The molecule has 9 nitrogen and oxygen atoms in total. The summed E-state index contributed by atoms with van der Waals surface area (Å²) < 4.78 is 43.8. The Morgan fingerprint density at radius 3 is 2.36 bits per heavy atom. The predicted molar refractivity (Wildman–Crippen MR) is 132 cm³/mol. The number of hydrogen-bond acceptors (Lipinski definition) is 8. The number of rotatable bonds is 7. The van der Waals surface area contributed by atoms with Crippen LogP contribution in [0.1, 0.15) is 0 Å². The van der Waals surface area contributed by atoms with Crippen LogP contribution >= 0.6 is 11.6 Å². The van der Waals surface area contributed by atoms with Crippen LogP contribution in [0.3, 0.4) is 0 Å². The molecular formula is C25H22ClN3O6S. The zero-order valence-corrected chi connectivity index (χ0v) is 20.6.